The van der Waals surface area contributed by atoms with Crippen LogP contribution in [0, 0.1) is 17.2 Å². The predicted octanol–water partition coefficient (Wildman–Crippen LogP) is 2.84. The van der Waals surface area contributed by atoms with Crippen LogP contribution in [0.25, 0.3) is 27.1 Å². The first-order valence-electron chi connectivity index (χ1n) is 13.2. The van der Waals surface area contributed by atoms with Gasteiger partial charge in [0.05, 0.1) is 21.9 Å². The minimum atomic E-state index is -4.72. The Bertz CT molecular complexity index is 1900. The van der Waals surface area contributed by atoms with E-state index < -0.39 is 26.7 Å². The van der Waals surface area contributed by atoms with E-state index in [1.807, 2.05) is 15.9 Å². The zero-order chi connectivity index (χ0) is 29.4. The quantitative estimate of drug-likeness (QED) is 0.345. The summed E-state index contributed by atoms with van der Waals surface area (Å²) in [7, 11) is -4.14. The number of carbonyl (C=O) groups excluding carboxylic acids is 1. The molecule has 42 heavy (non-hydrogen) atoms. The molecule has 1 saturated heterocycles. The number of sulfonamides is 1. The Hall–Kier alpha value is -3.88. The Balaban J connectivity index is 1.36. The van der Waals surface area contributed by atoms with E-state index in [1.54, 1.807) is 6.07 Å². The van der Waals surface area contributed by atoms with Crippen molar-refractivity contribution in [1.29, 1.82) is 5.26 Å². The van der Waals surface area contributed by atoms with Gasteiger partial charge in [-0.1, -0.05) is 17.4 Å². The molecule has 3 fully saturated rings. The first-order chi connectivity index (χ1) is 20.0. The molecular formula is C25H22F3N9O3S2. The maximum absolute atomic E-state index is 13.5. The summed E-state index contributed by atoms with van der Waals surface area (Å²) in [4.78, 5) is 25.1. The van der Waals surface area contributed by atoms with Crippen molar-refractivity contribution >= 4 is 55.0 Å². The van der Waals surface area contributed by atoms with Crippen LogP contribution in [0.1, 0.15) is 30.7 Å². The molecular weight excluding hydrogens is 595 g/mol. The molecule has 1 amide bonds. The van der Waals surface area contributed by atoms with Crippen LogP contribution >= 0.6 is 11.3 Å². The molecule has 17 heteroatoms. The molecule has 3 aliphatic rings. The molecule has 4 aromatic rings. The van der Waals surface area contributed by atoms with Gasteiger partial charge in [0.2, 0.25) is 26.1 Å². The molecule has 1 N–H and O–H groups in total. The van der Waals surface area contributed by atoms with Gasteiger partial charge in [0, 0.05) is 37.5 Å². The smallest absolute Gasteiger partial charge is 0.352 e. The second-order valence-corrected chi connectivity index (χ2v) is 13.3. The number of halogens is 3. The van der Waals surface area contributed by atoms with E-state index in [-0.39, 0.29) is 33.0 Å². The summed E-state index contributed by atoms with van der Waals surface area (Å²) in [6.07, 6.45) is -0.831. The zero-order valence-electron chi connectivity index (χ0n) is 21.8. The van der Waals surface area contributed by atoms with Crippen molar-refractivity contribution in [3.05, 3.63) is 29.5 Å². The first kappa shape index (κ1) is 27.0. The Kier molecular flexibility index (Phi) is 5.98. The summed E-state index contributed by atoms with van der Waals surface area (Å²) in [5.74, 6) is 0.775. The lowest BCUT2D eigenvalue weighted by Crippen LogP contribution is -2.49. The Morgan fingerprint density at radius 1 is 1.12 bits per heavy atom. The number of amides is 1. The third-order valence-corrected chi connectivity index (χ3v) is 10.3. The molecule has 12 nitrogen and oxygen atoms in total. The van der Waals surface area contributed by atoms with Crippen molar-refractivity contribution in [3.8, 4) is 11.2 Å². The van der Waals surface area contributed by atoms with Crippen LogP contribution in [0.3, 0.4) is 0 Å². The van der Waals surface area contributed by atoms with Gasteiger partial charge in [-0.05, 0) is 37.8 Å². The van der Waals surface area contributed by atoms with Crippen LogP contribution < -0.4 is 9.62 Å². The maximum Gasteiger partial charge on any atom is 0.445 e. The van der Waals surface area contributed by atoms with E-state index in [0.29, 0.717) is 66.9 Å². The third-order valence-electron chi connectivity index (χ3n) is 7.77. The standard InChI is InChI=1S/C25H22F3N9O3S2/c26-25(27,28)22-32-33-23(41-22)37-17-11-15(42(39,40)34-24(12-29)5-6-24)3-4-16(17)18-19(30-13-31-20(18)37)35-7-9-36(10-8-35)21(38)14-1-2-14/h3-4,11,13-14,34H,1-2,5-10H2. The number of hydrogen-bond donors (Lipinski definition) is 1. The van der Waals surface area contributed by atoms with Crippen molar-refractivity contribution in [2.75, 3.05) is 31.1 Å². The Labute approximate surface area is 240 Å². The Morgan fingerprint density at radius 2 is 1.86 bits per heavy atom. The molecule has 4 heterocycles. The van der Waals surface area contributed by atoms with Crippen molar-refractivity contribution in [2.45, 2.75) is 42.3 Å². The molecule has 0 unspecified atom stereocenters. The lowest BCUT2D eigenvalue weighted by molar-refractivity contribution is -0.138. The number of carbonyl (C=O) groups is 1. The summed E-state index contributed by atoms with van der Waals surface area (Å²) in [6, 6.07) is 6.26. The normalized spacial score (nSPS) is 18.9. The van der Waals surface area contributed by atoms with Crippen molar-refractivity contribution < 1.29 is 26.4 Å². The van der Waals surface area contributed by atoms with E-state index in [9.17, 15) is 31.6 Å². The van der Waals surface area contributed by atoms with Gasteiger partial charge < -0.3 is 9.80 Å². The third kappa shape index (κ3) is 4.53. The van der Waals surface area contributed by atoms with Gasteiger partial charge in [-0.3, -0.25) is 9.36 Å². The number of benzene rings is 1. The average molecular weight is 618 g/mol. The fourth-order valence-electron chi connectivity index (χ4n) is 5.23. The SMILES string of the molecule is N#CC1(NS(=O)(=O)c2ccc3c4c(N5CCN(C(=O)C6CC6)CC5)ncnc4n(-c4nnc(C(F)(F)F)s4)c3c2)CC1. The van der Waals surface area contributed by atoms with Gasteiger partial charge in [-0.25, -0.2) is 18.4 Å². The van der Waals surface area contributed by atoms with Crippen LogP contribution in [0.5, 0.6) is 0 Å². The van der Waals surface area contributed by atoms with E-state index in [4.69, 9.17) is 0 Å². The first-order valence-corrected chi connectivity index (χ1v) is 15.5. The fourth-order valence-corrected chi connectivity index (χ4v) is 7.35. The number of piperazine rings is 1. The lowest BCUT2D eigenvalue weighted by Gasteiger charge is -2.35. The van der Waals surface area contributed by atoms with Crippen LogP contribution in [-0.2, 0) is 21.0 Å². The predicted molar refractivity (Wildman–Crippen MR) is 144 cm³/mol. The van der Waals surface area contributed by atoms with Gasteiger partial charge in [0.15, 0.2) is 5.65 Å². The molecule has 218 valence electrons. The van der Waals surface area contributed by atoms with Crippen molar-refractivity contribution in [3.63, 3.8) is 0 Å². The van der Waals surface area contributed by atoms with E-state index in [1.165, 1.54) is 23.0 Å². The number of rotatable bonds is 6. The van der Waals surface area contributed by atoms with Gasteiger partial charge in [-0.2, -0.15) is 23.2 Å². The highest BCUT2D eigenvalue weighted by molar-refractivity contribution is 7.89. The molecule has 7 rings (SSSR count). The van der Waals surface area contributed by atoms with Crippen molar-refractivity contribution in [2.24, 2.45) is 5.92 Å². The molecule has 1 aromatic carbocycles. The Morgan fingerprint density at radius 3 is 2.48 bits per heavy atom. The van der Waals surface area contributed by atoms with Crippen LogP contribution in [-0.4, -0.2) is 75.7 Å². The molecule has 3 aromatic heterocycles. The molecule has 2 saturated carbocycles. The number of fused-ring (bicyclic) bond motifs is 3. The lowest BCUT2D eigenvalue weighted by atomic mass is 10.2. The number of nitrogens with zero attached hydrogens (tertiary/aromatic N) is 8. The summed E-state index contributed by atoms with van der Waals surface area (Å²) in [5.41, 5.74) is -0.693. The zero-order valence-corrected chi connectivity index (χ0v) is 23.4. The summed E-state index contributed by atoms with van der Waals surface area (Å²) >= 11 is 0.307. The average Bonchev–Trinajstić information content (AvgIpc) is 3.88. The van der Waals surface area contributed by atoms with Gasteiger partial charge in [0.25, 0.3) is 0 Å². The summed E-state index contributed by atoms with van der Waals surface area (Å²) in [6.45, 7) is 1.97. The van der Waals surface area contributed by atoms with Crippen LogP contribution in [0.2, 0.25) is 0 Å². The highest BCUT2D eigenvalue weighted by Gasteiger charge is 2.47. The fraction of sp³-hybridized carbons (Fsp3) is 0.440. The van der Waals surface area contributed by atoms with Gasteiger partial charge >= 0.3 is 6.18 Å². The van der Waals surface area contributed by atoms with Crippen molar-refractivity contribution in [1.82, 2.24) is 34.4 Å². The number of alkyl halides is 3. The second kappa shape index (κ2) is 9.31. The van der Waals surface area contributed by atoms with Gasteiger partial charge in [-0.15, -0.1) is 10.2 Å². The van der Waals surface area contributed by atoms with E-state index in [2.05, 4.69) is 24.9 Å². The highest BCUT2D eigenvalue weighted by Crippen LogP contribution is 2.41. The molecule has 0 radical (unpaired) electrons. The monoisotopic (exact) mass is 617 g/mol. The number of aromatic nitrogens is 5. The molecule has 0 atom stereocenters. The summed E-state index contributed by atoms with van der Waals surface area (Å²) < 4.78 is 70.6. The van der Waals surface area contributed by atoms with Crippen LogP contribution in [0.4, 0.5) is 19.0 Å². The molecule has 2 aliphatic carbocycles. The second-order valence-electron chi connectivity index (χ2n) is 10.7. The topological polar surface area (TPSA) is 150 Å². The van der Waals surface area contributed by atoms with Gasteiger partial charge in [0.1, 0.15) is 17.7 Å². The maximum atomic E-state index is 13.5. The van der Waals surface area contributed by atoms with E-state index in [0.717, 1.165) is 12.8 Å². The number of hydrogen-bond acceptors (Lipinski definition) is 10. The summed E-state index contributed by atoms with van der Waals surface area (Å²) in [5, 5.41) is 16.2. The molecule has 0 bridgehead atoms. The number of nitriles is 1. The highest BCUT2D eigenvalue weighted by atomic mass is 32.2. The van der Waals surface area contributed by atoms with E-state index >= 15 is 0 Å². The molecule has 1 aliphatic heterocycles. The minimum absolute atomic E-state index is 0.108. The minimum Gasteiger partial charge on any atom is -0.352 e. The largest absolute Gasteiger partial charge is 0.445 e. The number of nitrogens with one attached hydrogen (secondary N) is 1. The molecule has 0 spiro atoms. The van der Waals surface area contributed by atoms with Crippen LogP contribution in [0.15, 0.2) is 29.4 Å². The number of anilines is 1.